The van der Waals surface area contributed by atoms with Crippen LogP contribution in [0.5, 0.6) is 0 Å². The van der Waals surface area contributed by atoms with Crippen molar-refractivity contribution in [3.05, 3.63) is 89.0 Å². The van der Waals surface area contributed by atoms with Crippen molar-refractivity contribution in [3.8, 4) is 0 Å². The lowest BCUT2D eigenvalue weighted by Gasteiger charge is -2.32. The number of fused-ring (bicyclic) bond motifs is 1. The first-order valence-corrected chi connectivity index (χ1v) is 11.4. The van der Waals surface area contributed by atoms with Crippen LogP contribution in [0.1, 0.15) is 46.7 Å². The van der Waals surface area contributed by atoms with E-state index in [2.05, 4.69) is 70.5 Å². The van der Waals surface area contributed by atoms with Crippen LogP contribution in [0, 0.1) is 13.8 Å². The second kappa shape index (κ2) is 9.09. The SMILES string of the molecule is Cc1ccc(CN2CCC(c3cc(NCc4cccnc4)n4ncc(C)c4n3)CC2)cc1. The van der Waals surface area contributed by atoms with E-state index in [1.165, 1.54) is 16.8 Å². The van der Waals surface area contributed by atoms with Crippen molar-refractivity contribution in [1.29, 1.82) is 0 Å². The van der Waals surface area contributed by atoms with Crippen LogP contribution >= 0.6 is 0 Å². The monoisotopic (exact) mass is 426 g/mol. The van der Waals surface area contributed by atoms with E-state index in [0.29, 0.717) is 12.5 Å². The minimum absolute atomic E-state index is 0.475. The molecule has 1 aliphatic heterocycles. The van der Waals surface area contributed by atoms with Gasteiger partial charge in [0.1, 0.15) is 5.82 Å². The molecule has 0 radical (unpaired) electrons. The Kier molecular flexibility index (Phi) is 5.86. The topological polar surface area (TPSA) is 58.4 Å². The van der Waals surface area contributed by atoms with E-state index in [-0.39, 0.29) is 0 Å². The van der Waals surface area contributed by atoms with Crippen LogP contribution in [-0.4, -0.2) is 37.6 Å². The number of rotatable bonds is 6. The minimum Gasteiger partial charge on any atom is -0.366 e. The van der Waals surface area contributed by atoms with Gasteiger partial charge in [-0.25, -0.2) is 4.98 Å². The highest BCUT2D eigenvalue weighted by molar-refractivity contribution is 5.54. The standard InChI is InChI=1S/C26H30N6/c1-19-5-7-21(8-6-19)18-31-12-9-23(10-13-31)24-14-25(28-17-22-4-3-11-27-16-22)32-26(30-24)20(2)15-29-32/h3-8,11,14-16,23,28H,9-10,12-13,17-18H2,1-2H3. The molecule has 1 fully saturated rings. The molecule has 6 heteroatoms. The number of nitrogens with zero attached hydrogens (tertiary/aromatic N) is 5. The highest BCUT2D eigenvalue weighted by Crippen LogP contribution is 2.30. The molecule has 0 aliphatic carbocycles. The van der Waals surface area contributed by atoms with Crippen molar-refractivity contribution in [3.63, 3.8) is 0 Å². The first-order chi connectivity index (χ1) is 15.7. The smallest absolute Gasteiger partial charge is 0.160 e. The van der Waals surface area contributed by atoms with Gasteiger partial charge in [-0.15, -0.1) is 0 Å². The molecule has 1 saturated heterocycles. The number of likely N-dealkylation sites (tertiary alicyclic amines) is 1. The molecule has 0 saturated carbocycles. The van der Waals surface area contributed by atoms with Crippen molar-refractivity contribution < 1.29 is 0 Å². The van der Waals surface area contributed by atoms with Gasteiger partial charge >= 0.3 is 0 Å². The number of hydrogen-bond acceptors (Lipinski definition) is 5. The van der Waals surface area contributed by atoms with Crippen LogP contribution in [-0.2, 0) is 13.1 Å². The third-order valence-electron chi connectivity index (χ3n) is 6.40. The van der Waals surface area contributed by atoms with Gasteiger partial charge in [0.2, 0.25) is 0 Å². The fourth-order valence-corrected chi connectivity index (χ4v) is 4.46. The summed E-state index contributed by atoms with van der Waals surface area (Å²) in [5.74, 6) is 1.46. The van der Waals surface area contributed by atoms with Crippen molar-refractivity contribution >= 4 is 11.5 Å². The highest BCUT2D eigenvalue weighted by Gasteiger charge is 2.23. The number of piperidine rings is 1. The highest BCUT2D eigenvalue weighted by atomic mass is 15.3. The molecule has 0 unspecified atom stereocenters. The fourth-order valence-electron chi connectivity index (χ4n) is 4.46. The molecule has 6 nitrogen and oxygen atoms in total. The maximum atomic E-state index is 5.02. The number of aromatic nitrogens is 4. The average Bonchev–Trinajstić information content (AvgIpc) is 3.21. The van der Waals surface area contributed by atoms with Crippen LogP contribution in [0.2, 0.25) is 0 Å². The van der Waals surface area contributed by atoms with Crippen LogP contribution in [0.4, 0.5) is 5.82 Å². The van der Waals surface area contributed by atoms with Crippen LogP contribution in [0.3, 0.4) is 0 Å². The van der Waals surface area contributed by atoms with E-state index in [4.69, 9.17) is 4.98 Å². The summed E-state index contributed by atoms with van der Waals surface area (Å²) in [5, 5.41) is 8.10. The molecule has 4 aromatic rings. The number of pyridine rings is 1. The van der Waals surface area contributed by atoms with E-state index in [9.17, 15) is 0 Å². The fraction of sp³-hybridized carbons (Fsp3) is 0.346. The zero-order valence-corrected chi connectivity index (χ0v) is 18.8. The normalized spacial score (nSPS) is 15.3. The van der Waals surface area contributed by atoms with E-state index in [1.54, 1.807) is 6.20 Å². The van der Waals surface area contributed by atoms with Gasteiger partial charge in [-0.05, 0) is 57.0 Å². The van der Waals surface area contributed by atoms with Gasteiger partial charge in [-0.2, -0.15) is 9.61 Å². The van der Waals surface area contributed by atoms with Gasteiger partial charge in [-0.3, -0.25) is 9.88 Å². The Morgan fingerprint density at radius 2 is 1.81 bits per heavy atom. The second-order valence-electron chi connectivity index (χ2n) is 8.88. The molecule has 0 spiro atoms. The molecule has 1 N–H and O–H groups in total. The lowest BCUT2D eigenvalue weighted by molar-refractivity contribution is 0.203. The Hall–Kier alpha value is -3.25. The third kappa shape index (κ3) is 4.50. The van der Waals surface area contributed by atoms with Gasteiger partial charge in [0, 0.05) is 48.7 Å². The van der Waals surface area contributed by atoms with Crippen molar-refractivity contribution in [1.82, 2.24) is 24.5 Å². The van der Waals surface area contributed by atoms with Gasteiger partial charge in [0.15, 0.2) is 5.65 Å². The molecule has 3 aromatic heterocycles. The summed E-state index contributed by atoms with van der Waals surface area (Å²) in [5.41, 5.74) is 7.07. The van der Waals surface area contributed by atoms with Gasteiger partial charge < -0.3 is 5.32 Å². The molecular weight excluding hydrogens is 396 g/mol. The number of nitrogens with one attached hydrogen (secondary N) is 1. The van der Waals surface area contributed by atoms with Crippen molar-refractivity contribution in [2.45, 2.75) is 45.7 Å². The second-order valence-corrected chi connectivity index (χ2v) is 8.88. The minimum atomic E-state index is 0.475. The first-order valence-electron chi connectivity index (χ1n) is 11.4. The molecule has 32 heavy (non-hydrogen) atoms. The lowest BCUT2D eigenvalue weighted by Crippen LogP contribution is -2.32. The average molecular weight is 427 g/mol. The number of hydrogen-bond donors (Lipinski definition) is 1. The summed E-state index contributed by atoms with van der Waals surface area (Å²) in [6.45, 7) is 8.15. The Morgan fingerprint density at radius 3 is 2.56 bits per heavy atom. The first kappa shape index (κ1) is 20.6. The van der Waals surface area contributed by atoms with Gasteiger partial charge in [0.05, 0.1) is 6.20 Å². The van der Waals surface area contributed by atoms with Gasteiger partial charge in [-0.1, -0.05) is 35.9 Å². The molecular formula is C26H30N6. The Balaban J connectivity index is 1.30. The molecule has 1 aliphatic rings. The molecule has 164 valence electrons. The number of benzene rings is 1. The van der Waals surface area contributed by atoms with Gasteiger partial charge in [0.25, 0.3) is 0 Å². The number of aryl methyl sites for hydroxylation is 2. The van der Waals surface area contributed by atoms with Crippen LogP contribution in [0.25, 0.3) is 5.65 Å². The third-order valence-corrected chi connectivity index (χ3v) is 6.40. The zero-order valence-electron chi connectivity index (χ0n) is 18.8. The molecule has 4 heterocycles. The van der Waals surface area contributed by atoms with E-state index < -0.39 is 0 Å². The summed E-state index contributed by atoms with van der Waals surface area (Å²) in [6, 6.07) is 15.1. The zero-order chi connectivity index (χ0) is 21.9. The van der Waals surface area contributed by atoms with Crippen molar-refractivity contribution in [2.75, 3.05) is 18.4 Å². The molecule has 5 rings (SSSR count). The lowest BCUT2D eigenvalue weighted by atomic mass is 9.93. The number of anilines is 1. The predicted octanol–water partition coefficient (Wildman–Crippen LogP) is 4.73. The molecule has 0 bridgehead atoms. The molecule has 1 aromatic carbocycles. The van der Waals surface area contributed by atoms with E-state index in [0.717, 1.165) is 55.1 Å². The predicted molar refractivity (Wildman–Crippen MR) is 128 cm³/mol. The Morgan fingerprint density at radius 1 is 1.00 bits per heavy atom. The summed E-state index contributed by atoms with van der Waals surface area (Å²) in [6.07, 6.45) is 7.85. The van der Waals surface area contributed by atoms with Crippen molar-refractivity contribution in [2.24, 2.45) is 0 Å². The maximum absolute atomic E-state index is 5.02. The molecule has 0 atom stereocenters. The Bertz CT molecular complexity index is 1170. The summed E-state index contributed by atoms with van der Waals surface area (Å²) >= 11 is 0. The maximum Gasteiger partial charge on any atom is 0.160 e. The van der Waals surface area contributed by atoms with E-state index >= 15 is 0 Å². The summed E-state index contributed by atoms with van der Waals surface area (Å²) in [4.78, 5) is 11.8. The quantitative estimate of drug-likeness (QED) is 0.483. The molecule has 0 amide bonds. The summed E-state index contributed by atoms with van der Waals surface area (Å²) < 4.78 is 1.92. The van der Waals surface area contributed by atoms with Crippen LogP contribution < -0.4 is 5.32 Å². The summed E-state index contributed by atoms with van der Waals surface area (Å²) in [7, 11) is 0. The van der Waals surface area contributed by atoms with E-state index in [1.807, 2.05) is 23.0 Å². The Labute approximate surface area is 189 Å². The van der Waals surface area contributed by atoms with Crippen LogP contribution in [0.15, 0.2) is 61.1 Å². The largest absolute Gasteiger partial charge is 0.366 e.